The fourth-order valence-electron chi connectivity index (χ4n) is 3.26. The Balaban J connectivity index is 1.84. The van der Waals surface area contributed by atoms with E-state index < -0.39 is 0 Å². The van der Waals surface area contributed by atoms with Crippen LogP contribution in [0.3, 0.4) is 0 Å². The molecule has 4 heteroatoms. The molecule has 1 unspecified atom stereocenters. The molecule has 1 aliphatic carbocycles. The van der Waals surface area contributed by atoms with Gasteiger partial charge < -0.3 is 9.47 Å². The van der Waals surface area contributed by atoms with Crippen molar-refractivity contribution in [3.8, 4) is 0 Å². The molecule has 0 bridgehead atoms. The van der Waals surface area contributed by atoms with E-state index in [-0.39, 0.29) is 5.97 Å². The second-order valence-electron chi connectivity index (χ2n) is 5.75. The highest BCUT2D eigenvalue weighted by atomic mass is 16.5. The van der Waals surface area contributed by atoms with Crippen molar-refractivity contribution in [1.82, 2.24) is 4.90 Å². The molecule has 4 nitrogen and oxygen atoms in total. The molecule has 110 valence electrons. The molecule has 19 heavy (non-hydrogen) atoms. The van der Waals surface area contributed by atoms with Gasteiger partial charge in [-0.05, 0) is 25.7 Å². The molecule has 0 radical (unpaired) electrons. The number of hydrogen-bond acceptors (Lipinski definition) is 4. The first kappa shape index (κ1) is 14.8. The van der Waals surface area contributed by atoms with E-state index in [4.69, 9.17) is 9.47 Å². The van der Waals surface area contributed by atoms with Gasteiger partial charge in [0.25, 0.3) is 0 Å². The van der Waals surface area contributed by atoms with Gasteiger partial charge in [0.2, 0.25) is 0 Å². The molecule has 0 amide bonds. The summed E-state index contributed by atoms with van der Waals surface area (Å²) in [5.41, 5.74) is 0. The summed E-state index contributed by atoms with van der Waals surface area (Å²) in [5.74, 6) is -0.104. The summed E-state index contributed by atoms with van der Waals surface area (Å²) in [7, 11) is 1.47. The molecule has 1 heterocycles. The standard InChI is InChI=1S/C15H27NO3/c1-18-15(17)9-10-16(12-14-8-5-11-19-14)13-6-3-2-4-7-13/h13-14H,2-12H2,1H3. The van der Waals surface area contributed by atoms with Crippen LogP contribution in [-0.4, -0.2) is 49.8 Å². The second-order valence-corrected chi connectivity index (χ2v) is 5.75. The lowest BCUT2D eigenvalue weighted by Gasteiger charge is -2.35. The number of ether oxygens (including phenoxy) is 2. The topological polar surface area (TPSA) is 38.8 Å². The Kier molecular flexibility index (Phi) is 6.11. The molecular formula is C15H27NO3. The summed E-state index contributed by atoms with van der Waals surface area (Å²) in [5, 5.41) is 0. The van der Waals surface area contributed by atoms with Crippen LogP contribution in [0.4, 0.5) is 0 Å². The van der Waals surface area contributed by atoms with Gasteiger partial charge in [0, 0.05) is 25.7 Å². The number of hydrogen-bond donors (Lipinski definition) is 0. The fraction of sp³-hybridized carbons (Fsp3) is 0.933. The van der Waals surface area contributed by atoms with E-state index >= 15 is 0 Å². The highest BCUT2D eigenvalue weighted by Gasteiger charge is 2.26. The van der Waals surface area contributed by atoms with E-state index in [9.17, 15) is 4.79 Å². The summed E-state index contributed by atoms with van der Waals surface area (Å²) in [6.45, 7) is 2.71. The Morgan fingerprint density at radius 3 is 2.63 bits per heavy atom. The first-order valence-corrected chi connectivity index (χ1v) is 7.72. The molecule has 0 aromatic carbocycles. The van der Waals surface area contributed by atoms with Crippen LogP contribution in [0.5, 0.6) is 0 Å². The van der Waals surface area contributed by atoms with Gasteiger partial charge in [0.05, 0.1) is 19.6 Å². The smallest absolute Gasteiger partial charge is 0.306 e. The molecule has 1 aliphatic heterocycles. The van der Waals surface area contributed by atoms with Crippen LogP contribution in [-0.2, 0) is 14.3 Å². The molecule has 2 rings (SSSR count). The average molecular weight is 269 g/mol. The number of methoxy groups -OCH3 is 1. The Morgan fingerprint density at radius 1 is 1.21 bits per heavy atom. The van der Waals surface area contributed by atoms with Gasteiger partial charge in [-0.15, -0.1) is 0 Å². The number of rotatable bonds is 6. The number of carbonyl (C=O) groups is 1. The zero-order valence-corrected chi connectivity index (χ0v) is 12.1. The normalized spacial score (nSPS) is 24.8. The van der Waals surface area contributed by atoms with E-state index in [0.29, 0.717) is 18.6 Å². The summed E-state index contributed by atoms with van der Waals surface area (Å²) >= 11 is 0. The minimum atomic E-state index is -0.104. The SMILES string of the molecule is COC(=O)CCN(CC1CCCO1)C1CCCCC1. The third-order valence-electron chi connectivity index (χ3n) is 4.38. The lowest BCUT2D eigenvalue weighted by atomic mass is 9.93. The second kappa shape index (κ2) is 7.85. The highest BCUT2D eigenvalue weighted by molar-refractivity contribution is 5.69. The van der Waals surface area contributed by atoms with Crippen molar-refractivity contribution in [3.63, 3.8) is 0 Å². The van der Waals surface area contributed by atoms with E-state index in [1.54, 1.807) is 0 Å². The minimum Gasteiger partial charge on any atom is -0.469 e. The van der Waals surface area contributed by atoms with Gasteiger partial charge in [0.15, 0.2) is 0 Å². The van der Waals surface area contributed by atoms with Crippen molar-refractivity contribution >= 4 is 5.97 Å². The van der Waals surface area contributed by atoms with Gasteiger partial charge in [-0.3, -0.25) is 9.69 Å². The Morgan fingerprint density at radius 2 is 2.00 bits per heavy atom. The maximum Gasteiger partial charge on any atom is 0.306 e. The highest BCUT2D eigenvalue weighted by Crippen LogP contribution is 2.24. The molecule has 0 N–H and O–H groups in total. The van der Waals surface area contributed by atoms with Crippen molar-refractivity contribution in [2.45, 2.75) is 63.5 Å². The summed E-state index contributed by atoms with van der Waals surface area (Å²) in [6, 6.07) is 0.641. The summed E-state index contributed by atoms with van der Waals surface area (Å²) in [6.07, 6.45) is 9.78. The van der Waals surface area contributed by atoms with E-state index in [2.05, 4.69) is 4.90 Å². The summed E-state index contributed by atoms with van der Waals surface area (Å²) < 4.78 is 10.5. The molecule has 0 spiro atoms. The van der Waals surface area contributed by atoms with Gasteiger partial charge in [0.1, 0.15) is 0 Å². The van der Waals surface area contributed by atoms with Crippen molar-refractivity contribution < 1.29 is 14.3 Å². The van der Waals surface area contributed by atoms with E-state index in [1.807, 2.05) is 0 Å². The van der Waals surface area contributed by atoms with E-state index in [0.717, 1.165) is 19.7 Å². The predicted octanol–water partition coefficient (Wildman–Crippen LogP) is 2.36. The predicted molar refractivity (Wildman–Crippen MR) is 74.1 cm³/mol. The number of carbonyl (C=O) groups excluding carboxylic acids is 1. The van der Waals surface area contributed by atoms with Crippen LogP contribution in [0.25, 0.3) is 0 Å². The molecule has 2 fully saturated rings. The maximum absolute atomic E-state index is 11.4. The third-order valence-corrected chi connectivity index (χ3v) is 4.38. The first-order chi connectivity index (χ1) is 9.29. The largest absolute Gasteiger partial charge is 0.469 e. The monoisotopic (exact) mass is 269 g/mol. The van der Waals surface area contributed by atoms with Crippen LogP contribution in [0.1, 0.15) is 51.4 Å². The van der Waals surface area contributed by atoms with Gasteiger partial charge in [-0.25, -0.2) is 0 Å². The zero-order valence-electron chi connectivity index (χ0n) is 12.1. The van der Waals surface area contributed by atoms with Crippen molar-refractivity contribution in [1.29, 1.82) is 0 Å². The van der Waals surface area contributed by atoms with Crippen LogP contribution in [0.15, 0.2) is 0 Å². The van der Waals surface area contributed by atoms with Crippen molar-refractivity contribution in [2.24, 2.45) is 0 Å². The van der Waals surface area contributed by atoms with Crippen LogP contribution < -0.4 is 0 Å². The summed E-state index contributed by atoms with van der Waals surface area (Å²) in [4.78, 5) is 13.8. The fourth-order valence-corrected chi connectivity index (χ4v) is 3.26. The minimum absolute atomic E-state index is 0.104. The van der Waals surface area contributed by atoms with Gasteiger partial charge in [-0.2, -0.15) is 0 Å². The molecule has 1 saturated heterocycles. The van der Waals surface area contributed by atoms with Crippen LogP contribution in [0, 0.1) is 0 Å². The molecule has 0 aromatic heterocycles. The maximum atomic E-state index is 11.4. The molecule has 1 saturated carbocycles. The van der Waals surface area contributed by atoms with Gasteiger partial charge >= 0.3 is 5.97 Å². The quantitative estimate of drug-likeness (QED) is 0.694. The Labute approximate surface area is 116 Å². The number of nitrogens with zero attached hydrogens (tertiary/aromatic N) is 1. The van der Waals surface area contributed by atoms with E-state index in [1.165, 1.54) is 52.1 Å². The average Bonchev–Trinajstić information content (AvgIpc) is 2.97. The first-order valence-electron chi connectivity index (χ1n) is 7.72. The van der Waals surface area contributed by atoms with Crippen molar-refractivity contribution in [3.05, 3.63) is 0 Å². The lowest BCUT2D eigenvalue weighted by molar-refractivity contribution is -0.141. The third kappa shape index (κ3) is 4.77. The number of esters is 1. The molecule has 0 aromatic rings. The molecule has 2 aliphatic rings. The van der Waals surface area contributed by atoms with Gasteiger partial charge in [-0.1, -0.05) is 19.3 Å². The Hall–Kier alpha value is -0.610. The molecule has 1 atom stereocenters. The van der Waals surface area contributed by atoms with Crippen molar-refractivity contribution in [2.75, 3.05) is 26.8 Å². The van der Waals surface area contributed by atoms with Crippen LogP contribution >= 0.6 is 0 Å². The lowest BCUT2D eigenvalue weighted by Crippen LogP contribution is -2.42. The zero-order chi connectivity index (χ0) is 13.5. The molecular weight excluding hydrogens is 242 g/mol. The van der Waals surface area contributed by atoms with Crippen LogP contribution in [0.2, 0.25) is 0 Å². The Bertz CT molecular complexity index is 271.